The van der Waals surface area contributed by atoms with Gasteiger partial charge in [0.1, 0.15) is 0 Å². The molecule has 0 spiro atoms. The molecule has 0 aliphatic carbocycles. The summed E-state index contributed by atoms with van der Waals surface area (Å²) in [6.45, 7) is 6.71. The van der Waals surface area contributed by atoms with Crippen LogP contribution in [-0.4, -0.2) is 25.6 Å². The SMILES string of the molecule is COCC(Cl)CCNCc1cc(C)ccc1C. The highest BCUT2D eigenvalue weighted by Gasteiger charge is 2.03. The fourth-order valence-corrected chi connectivity index (χ4v) is 1.97. The van der Waals surface area contributed by atoms with Crippen LogP contribution >= 0.6 is 11.6 Å². The molecule has 3 heteroatoms. The number of methoxy groups -OCH3 is 1. The lowest BCUT2D eigenvalue weighted by Gasteiger charge is -2.11. The van der Waals surface area contributed by atoms with Gasteiger partial charge in [-0.25, -0.2) is 0 Å². The maximum atomic E-state index is 6.05. The average Bonchev–Trinajstić information content (AvgIpc) is 2.29. The van der Waals surface area contributed by atoms with Gasteiger partial charge in [-0.2, -0.15) is 0 Å². The summed E-state index contributed by atoms with van der Waals surface area (Å²) in [7, 11) is 1.68. The maximum absolute atomic E-state index is 6.05. The van der Waals surface area contributed by atoms with Gasteiger partial charge in [-0.3, -0.25) is 0 Å². The van der Waals surface area contributed by atoms with Crippen molar-refractivity contribution in [3.8, 4) is 0 Å². The number of hydrogen-bond donors (Lipinski definition) is 1. The third kappa shape index (κ3) is 5.53. The molecule has 1 aromatic rings. The van der Waals surface area contributed by atoms with Gasteiger partial charge in [-0.1, -0.05) is 23.8 Å². The average molecular weight is 256 g/mol. The first kappa shape index (κ1) is 14.5. The van der Waals surface area contributed by atoms with Crippen molar-refractivity contribution >= 4 is 11.6 Å². The van der Waals surface area contributed by atoms with E-state index in [1.807, 2.05) is 0 Å². The van der Waals surface area contributed by atoms with Gasteiger partial charge in [0.2, 0.25) is 0 Å². The van der Waals surface area contributed by atoms with Crippen LogP contribution in [0.25, 0.3) is 0 Å². The molecule has 0 amide bonds. The third-order valence-electron chi connectivity index (χ3n) is 2.80. The number of rotatable bonds is 7. The molecule has 0 radical (unpaired) electrons. The van der Waals surface area contributed by atoms with Crippen LogP contribution in [0, 0.1) is 13.8 Å². The smallest absolute Gasteiger partial charge is 0.0626 e. The number of benzene rings is 1. The number of alkyl halides is 1. The fraction of sp³-hybridized carbons (Fsp3) is 0.571. The first-order valence-electron chi connectivity index (χ1n) is 6.03. The second-order valence-electron chi connectivity index (χ2n) is 4.45. The van der Waals surface area contributed by atoms with Gasteiger partial charge in [-0.15, -0.1) is 11.6 Å². The molecule has 0 aliphatic rings. The molecule has 1 unspecified atom stereocenters. The Hall–Kier alpha value is -0.570. The van der Waals surface area contributed by atoms with Gasteiger partial charge in [0.15, 0.2) is 0 Å². The second kappa shape index (κ2) is 7.70. The number of nitrogens with one attached hydrogen (secondary N) is 1. The maximum Gasteiger partial charge on any atom is 0.0626 e. The van der Waals surface area contributed by atoms with Crippen LogP contribution in [0.15, 0.2) is 18.2 Å². The lowest BCUT2D eigenvalue weighted by Crippen LogP contribution is -2.20. The van der Waals surface area contributed by atoms with Crippen LogP contribution in [0.2, 0.25) is 0 Å². The Labute approximate surface area is 109 Å². The Kier molecular flexibility index (Phi) is 6.56. The molecule has 2 nitrogen and oxygen atoms in total. The molecule has 1 N–H and O–H groups in total. The van der Waals surface area contributed by atoms with Crippen LogP contribution in [0.4, 0.5) is 0 Å². The predicted molar refractivity (Wildman–Crippen MR) is 73.8 cm³/mol. The summed E-state index contributed by atoms with van der Waals surface area (Å²) in [5.74, 6) is 0. The summed E-state index contributed by atoms with van der Waals surface area (Å²) < 4.78 is 4.99. The van der Waals surface area contributed by atoms with E-state index in [0.717, 1.165) is 19.5 Å². The minimum atomic E-state index is 0.103. The first-order valence-corrected chi connectivity index (χ1v) is 6.47. The molecule has 0 aliphatic heterocycles. The minimum absolute atomic E-state index is 0.103. The van der Waals surface area contributed by atoms with E-state index < -0.39 is 0 Å². The molecular weight excluding hydrogens is 234 g/mol. The zero-order valence-corrected chi connectivity index (χ0v) is 11.7. The molecule has 0 bridgehead atoms. The van der Waals surface area contributed by atoms with Gasteiger partial charge < -0.3 is 10.1 Å². The van der Waals surface area contributed by atoms with Crippen molar-refractivity contribution in [1.82, 2.24) is 5.32 Å². The van der Waals surface area contributed by atoms with Crippen molar-refractivity contribution in [2.45, 2.75) is 32.2 Å². The number of aryl methyl sites for hydroxylation is 2. The lowest BCUT2D eigenvalue weighted by atomic mass is 10.1. The van der Waals surface area contributed by atoms with Gasteiger partial charge in [0, 0.05) is 13.7 Å². The number of halogens is 1. The summed E-state index contributed by atoms with van der Waals surface area (Å²) in [6, 6.07) is 6.55. The molecule has 0 aromatic heterocycles. The van der Waals surface area contributed by atoms with E-state index in [2.05, 4.69) is 37.4 Å². The quantitative estimate of drug-likeness (QED) is 0.597. The zero-order chi connectivity index (χ0) is 12.7. The largest absolute Gasteiger partial charge is 0.383 e. The molecular formula is C14H22ClNO. The summed E-state index contributed by atoms with van der Waals surface area (Å²) in [6.07, 6.45) is 0.931. The van der Waals surface area contributed by atoms with Crippen LogP contribution in [-0.2, 0) is 11.3 Å². The van der Waals surface area contributed by atoms with E-state index in [-0.39, 0.29) is 5.38 Å². The number of hydrogen-bond acceptors (Lipinski definition) is 2. The standard InChI is InChI=1S/C14H22ClNO/c1-11-4-5-12(2)13(8-11)9-16-7-6-14(15)10-17-3/h4-5,8,14,16H,6-7,9-10H2,1-3H3. The molecule has 0 saturated heterocycles. The molecule has 0 saturated carbocycles. The van der Waals surface area contributed by atoms with Crippen molar-refractivity contribution in [1.29, 1.82) is 0 Å². The molecule has 0 fully saturated rings. The topological polar surface area (TPSA) is 21.3 Å². The van der Waals surface area contributed by atoms with E-state index in [4.69, 9.17) is 16.3 Å². The Morgan fingerprint density at radius 3 is 2.82 bits per heavy atom. The van der Waals surface area contributed by atoms with E-state index >= 15 is 0 Å². The third-order valence-corrected chi connectivity index (χ3v) is 3.15. The minimum Gasteiger partial charge on any atom is -0.383 e. The highest BCUT2D eigenvalue weighted by atomic mass is 35.5. The first-order chi connectivity index (χ1) is 8.13. The Bertz CT molecular complexity index is 341. The summed E-state index contributed by atoms with van der Waals surface area (Å²) in [5.41, 5.74) is 4.01. The fourth-order valence-electron chi connectivity index (χ4n) is 1.74. The summed E-state index contributed by atoms with van der Waals surface area (Å²) in [4.78, 5) is 0. The molecule has 96 valence electrons. The van der Waals surface area contributed by atoms with Gasteiger partial charge in [-0.05, 0) is 37.9 Å². The van der Waals surface area contributed by atoms with E-state index in [1.54, 1.807) is 7.11 Å². The van der Waals surface area contributed by atoms with Crippen molar-refractivity contribution in [2.24, 2.45) is 0 Å². The Balaban J connectivity index is 2.28. The second-order valence-corrected chi connectivity index (χ2v) is 5.07. The molecule has 17 heavy (non-hydrogen) atoms. The van der Waals surface area contributed by atoms with Crippen LogP contribution in [0.3, 0.4) is 0 Å². The Morgan fingerprint density at radius 1 is 1.35 bits per heavy atom. The van der Waals surface area contributed by atoms with Crippen molar-refractivity contribution in [3.05, 3.63) is 34.9 Å². The van der Waals surface area contributed by atoms with Crippen LogP contribution in [0.1, 0.15) is 23.1 Å². The lowest BCUT2D eigenvalue weighted by molar-refractivity contribution is 0.195. The summed E-state index contributed by atoms with van der Waals surface area (Å²) in [5, 5.41) is 3.52. The highest BCUT2D eigenvalue weighted by molar-refractivity contribution is 6.20. The van der Waals surface area contributed by atoms with Gasteiger partial charge in [0.05, 0.1) is 12.0 Å². The van der Waals surface area contributed by atoms with E-state index in [0.29, 0.717) is 6.61 Å². The monoisotopic (exact) mass is 255 g/mol. The van der Waals surface area contributed by atoms with Crippen molar-refractivity contribution < 1.29 is 4.74 Å². The predicted octanol–water partition coefficient (Wildman–Crippen LogP) is 3.04. The van der Waals surface area contributed by atoms with Gasteiger partial charge >= 0.3 is 0 Å². The molecule has 1 atom stereocenters. The van der Waals surface area contributed by atoms with E-state index in [9.17, 15) is 0 Å². The Morgan fingerprint density at radius 2 is 2.12 bits per heavy atom. The van der Waals surface area contributed by atoms with Crippen molar-refractivity contribution in [2.75, 3.05) is 20.3 Å². The number of ether oxygens (including phenoxy) is 1. The molecule has 1 rings (SSSR count). The van der Waals surface area contributed by atoms with Gasteiger partial charge in [0.25, 0.3) is 0 Å². The van der Waals surface area contributed by atoms with Crippen LogP contribution < -0.4 is 5.32 Å². The van der Waals surface area contributed by atoms with Crippen molar-refractivity contribution in [3.63, 3.8) is 0 Å². The highest BCUT2D eigenvalue weighted by Crippen LogP contribution is 2.10. The zero-order valence-electron chi connectivity index (χ0n) is 10.9. The normalized spacial score (nSPS) is 12.7. The molecule has 1 aromatic carbocycles. The van der Waals surface area contributed by atoms with Crippen LogP contribution in [0.5, 0.6) is 0 Å². The molecule has 0 heterocycles. The van der Waals surface area contributed by atoms with E-state index in [1.165, 1.54) is 16.7 Å². The summed E-state index contributed by atoms with van der Waals surface area (Å²) >= 11 is 6.05.